The first kappa shape index (κ1) is 17.0. The molecule has 0 aliphatic heterocycles. The van der Waals surface area contributed by atoms with Crippen LogP contribution in [0, 0.1) is 0 Å². The molecule has 1 N–H and O–H groups in total. The molecule has 24 heavy (non-hydrogen) atoms. The average molecular weight is 394 g/mol. The summed E-state index contributed by atoms with van der Waals surface area (Å²) in [5, 5.41) is 10.3. The summed E-state index contributed by atoms with van der Waals surface area (Å²) in [5.41, 5.74) is 1.96. The maximum atomic E-state index is 11.3. The number of aromatic nitrogens is 1. The van der Waals surface area contributed by atoms with Crippen LogP contribution in [0.1, 0.15) is 50.5 Å². The van der Waals surface area contributed by atoms with E-state index in [4.69, 9.17) is 4.74 Å². The Morgan fingerprint density at radius 3 is 2.62 bits per heavy atom. The Labute approximate surface area is 148 Å². The molecule has 1 saturated carbocycles. The predicted molar refractivity (Wildman–Crippen MR) is 94.4 cm³/mol. The van der Waals surface area contributed by atoms with Gasteiger partial charge in [-0.3, -0.25) is 9.59 Å². The lowest BCUT2D eigenvalue weighted by Gasteiger charge is -2.22. The molecule has 1 aliphatic rings. The van der Waals surface area contributed by atoms with E-state index < -0.39 is 11.9 Å². The Morgan fingerprint density at radius 1 is 1.29 bits per heavy atom. The minimum atomic E-state index is -0.902. The quantitative estimate of drug-likeness (QED) is 0.614. The van der Waals surface area contributed by atoms with Gasteiger partial charge in [-0.15, -0.1) is 0 Å². The zero-order valence-electron chi connectivity index (χ0n) is 13.5. The lowest BCUT2D eigenvalue weighted by Crippen LogP contribution is -2.10. The van der Waals surface area contributed by atoms with E-state index in [2.05, 4.69) is 15.9 Å². The lowest BCUT2D eigenvalue weighted by atomic mass is 9.84. The number of carboxylic acid groups (broad SMARTS) is 1. The molecular weight excluding hydrogens is 374 g/mol. The van der Waals surface area contributed by atoms with Gasteiger partial charge in [0.05, 0.1) is 10.1 Å². The third-order valence-corrected chi connectivity index (χ3v) is 5.43. The topological polar surface area (TPSA) is 68.5 Å². The summed E-state index contributed by atoms with van der Waals surface area (Å²) in [6, 6.07) is 5.45. The fraction of sp³-hybridized carbons (Fsp3) is 0.444. The average Bonchev–Trinajstić information content (AvgIpc) is 2.79. The Hall–Kier alpha value is -1.82. The number of benzene rings is 1. The number of carbonyl (C=O) groups is 2. The van der Waals surface area contributed by atoms with Gasteiger partial charge in [0.2, 0.25) is 0 Å². The number of hydrogen-bond acceptors (Lipinski definition) is 3. The molecule has 2 aromatic rings. The molecule has 3 rings (SSSR count). The van der Waals surface area contributed by atoms with E-state index in [-0.39, 0.29) is 6.54 Å². The van der Waals surface area contributed by atoms with Crippen molar-refractivity contribution >= 4 is 38.8 Å². The highest BCUT2D eigenvalue weighted by Crippen LogP contribution is 2.43. The summed E-state index contributed by atoms with van der Waals surface area (Å²) < 4.78 is 7.73. The van der Waals surface area contributed by atoms with E-state index in [0.717, 1.165) is 28.3 Å². The van der Waals surface area contributed by atoms with Gasteiger partial charge in [-0.1, -0.05) is 19.3 Å². The van der Waals surface area contributed by atoms with Crippen LogP contribution in [0.15, 0.2) is 22.8 Å². The Morgan fingerprint density at radius 2 is 2.00 bits per heavy atom. The summed E-state index contributed by atoms with van der Waals surface area (Å²) >= 11 is 3.63. The molecule has 0 radical (unpaired) electrons. The zero-order chi connectivity index (χ0) is 17.3. The number of carbonyl (C=O) groups excluding carboxylic acids is 1. The molecule has 0 saturated heterocycles. The van der Waals surface area contributed by atoms with Crippen LogP contribution in [0.2, 0.25) is 0 Å². The van der Waals surface area contributed by atoms with E-state index in [1.165, 1.54) is 31.7 Å². The van der Waals surface area contributed by atoms with Crippen LogP contribution < -0.4 is 4.74 Å². The van der Waals surface area contributed by atoms with E-state index in [0.29, 0.717) is 11.7 Å². The van der Waals surface area contributed by atoms with Crippen molar-refractivity contribution < 1.29 is 19.4 Å². The van der Waals surface area contributed by atoms with Crippen molar-refractivity contribution in [1.82, 2.24) is 4.57 Å². The fourth-order valence-corrected chi connectivity index (χ4v) is 4.48. The van der Waals surface area contributed by atoms with Crippen LogP contribution >= 0.6 is 15.9 Å². The van der Waals surface area contributed by atoms with Crippen molar-refractivity contribution in [3.05, 3.63) is 28.4 Å². The van der Waals surface area contributed by atoms with Gasteiger partial charge in [0.1, 0.15) is 12.3 Å². The smallest absolute Gasteiger partial charge is 0.323 e. The molecule has 0 bridgehead atoms. The van der Waals surface area contributed by atoms with Crippen molar-refractivity contribution in [2.75, 3.05) is 0 Å². The molecule has 1 heterocycles. The molecule has 128 valence electrons. The summed E-state index contributed by atoms with van der Waals surface area (Å²) in [4.78, 5) is 22.5. The van der Waals surface area contributed by atoms with Gasteiger partial charge < -0.3 is 14.4 Å². The van der Waals surface area contributed by atoms with Crippen LogP contribution in [0.25, 0.3) is 10.9 Å². The number of hydrogen-bond donors (Lipinski definition) is 1. The van der Waals surface area contributed by atoms with Gasteiger partial charge in [0.25, 0.3) is 0 Å². The number of halogens is 1. The van der Waals surface area contributed by atoms with Crippen LogP contribution in [-0.2, 0) is 16.1 Å². The third kappa shape index (κ3) is 3.34. The van der Waals surface area contributed by atoms with Crippen LogP contribution in [0.3, 0.4) is 0 Å². The molecule has 1 aromatic heterocycles. The number of carboxylic acids is 1. The highest BCUT2D eigenvalue weighted by Gasteiger charge is 2.25. The van der Waals surface area contributed by atoms with Crippen LogP contribution in [-0.4, -0.2) is 21.6 Å². The van der Waals surface area contributed by atoms with Gasteiger partial charge in [-0.25, -0.2) is 0 Å². The van der Waals surface area contributed by atoms with Gasteiger partial charge in [-0.2, -0.15) is 0 Å². The van der Waals surface area contributed by atoms with Crippen molar-refractivity contribution in [2.24, 2.45) is 0 Å². The predicted octanol–water partition coefficient (Wildman–Crippen LogP) is 4.46. The molecule has 5 nitrogen and oxygen atoms in total. The fourth-order valence-electron chi connectivity index (χ4n) is 3.62. The number of fused-ring (bicyclic) bond motifs is 1. The largest absolute Gasteiger partial charge is 0.480 e. The second kappa shape index (κ2) is 6.97. The summed E-state index contributed by atoms with van der Waals surface area (Å²) in [6.07, 6.45) is 5.91. The van der Waals surface area contributed by atoms with Crippen LogP contribution in [0.4, 0.5) is 0 Å². The zero-order valence-corrected chi connectivity index (χ0v) is 15.1. The minimum absolute atomic E-state index is 0.132. The molecule has 0 amide bonds. The maximum Gasteiger partial charge on any atom is 0.323 e. The normalized spacial score (nSPS) is 15.6. The van der Waals surface area contributed by atoms with E-state index in [1.807, 2.05) is 6.07 Å². The van der Waals surface area contributed by atoms with Gasteiger partial charge in [-0.05, 0) is 52.4 Å². The first-order chi connectivity index (χ1) is 11.5. The molecule has 0 spiro atoms. The second-order valence-electron chi connectivity index (χ2n) is 6.29. The summed E-state index contributed by atoms with van der Waals surface area (Å²) in [6.45, 7) is 1.22. The number of aliphatic carboxylic acids is 1. The van der Waals surface area contributed by atoms with Crippen molar-refractivity contribution in [1.29, 1.82) is 0 Å². The third-order valence-electron chi connectivity index (χ3n) is 4.58. The van der Waals surface area contributed by atoms with Crippen molar-refractivity contribution in [3.8, 4) is 5.75 Å². The van der Waals surface area contributed by atoms with Gasteiger partial charge in [0.15, 0.2) is 0 Å². The highest BCUT2D eigenvalue weighted by molar-refractivity contribution is 9.10. The summed E-state index contributed by atoms with van der Waals surface area (Å²) in [7, 11) is 0. The van der Waals surface area contributed by atoms with E-state index >= 15 is 0 Å². The number of nitrogens with zero attached hydrogens (tertiary/aromatic N) is 1. The first-order valence-electron chi connectivity index (χ1n) is 8.19. The molecule has 1 aliphatic carbocycles. The molecular formula is C18H20BrNO4. The monoisotopic (exact) mass is 393 g/mol. The molecule has 0 atom stereocenters. The SMILES string of the molecule is CC(=O)Oc1ccc2c(C3CCCCC3)c(Br)n(CC(=O)O)c2c1. The van der Waals surface area contributed by atoms with Crippen molar-refractivity contribution in [3.63, 3.8) is 0 Å². The van der Waals surface area contributed by atoms with Crippen molar-refractivity contribution in [2.45, 2.75) is 51.5 Å². The molecule has 1 aromatic carbocycles. The molecule has 6 heteroatoms. The molecule has 0 unspecified atom stereocenters. The van der Waals surface area contributed by atoms with Gasteiger partial charge >= 0.3 is 11.9 Å². The second-order valence-corrected chi connectivity index (χ2v) is 7.04. The number of rotatable bonds is 4. The Balaban J connectivity index is 2.14. The van der Waals surface area contributed by atoms with Gasteiger partial charge in [0, 0.05) is 18.4 Å². The lowest BCUT2D eigenvalue weighted by molar-refractivity contribution is -0.137. The first-order valence-corrected chi connectivity index (χ1v) is 8.98. The van der Waals surface area contributed by atoms with E-state index in [9.17, 15) is 14.7 Å². The maximum absolute atomic E-state index is 11.3. The number of ether oxygens (including phenoxy) is 1. The number of esters is 1. The summed E-state index contributed by atoms with van der Waals surface area (Å²) in [5.74, 6) is -0.426. The highest BCUT2D eigenvalue weighted by atomic mass is 79.9. The standard InChI is InChI=1S/C18H20BrNO4/c1-11(21)24-13-7-8-14-15(9-13)20(10-16(22)23)18(19)17(14)12-5-3-2-4-6-12/h7-9,12H,2-6,10H2,1H3,(H,22,23). The van der Waals surface area contributed by atoms with E-state index in [1.54, 1.807) is 16.7 Å². The van der Waals surface area contributed by atoms with Crippen LogP contribution in [0.5, 0.6) is 5.75 Å². The minimum Gasteiger partial charge on any atom is -0.480 e. The Kier molecular flexibility index (Phi) is 4.94. The Bertz CT molecular complexity index is 790. The molecule has 1 fully saturated rings.